The number of benzene rings is 1. The molecule has 6 nitrogen and oxygen atoms in total. The maximum atomic E-state index is 11.9. The Kier molecular flexibility index (Phi) is 7.95. The number of nitrogens with one attached hydrogen (secondary N) is 1. The van der Waals surface area contributed by atoms with Crippen LogP contribution in [0.3, 0.4) is 0 Å². The molecule has 0 radical (unpaired) electrons. The first-order chi connectivity index (χ1) is 11.4. The molecule has 1 N–H and O–H groups in total. The maximum absolute atomic E-state index is 11.9. The van der Waals surface area contributed by atoms with E-state index < -0.39 is 30.5 Å². The molecule has 2 atom stereocenters. The summed E-state index contributed by atoms with van der Waals surface area (Å²) < 4.78 is 9.68. The van der Waals surface area contributed by atoms with E-state index in [2.05, 4.69) is 5.32 Å². The standard InChI is InChI=1S/C18H25NO5/c1-5-12(3)16(18(22)23-4)19-15(20)11-24-17(21)14-9-7-13(6-2)8-10-14/h7-10,12,16H,5-6,11H2,1-4H3,(H,19,20). The largest absolute Gasteiger partial charge is 0.467 e. The summed E-state index contributed by atoms with van der Waals surface area (Å²) in [5.74, 6) is -1.71. The van der Waals surface area contributed by atoms with E-state index >= 15 is 0 Å². The summed E-state index contributed by atoms with van der Waals surface area (Å²) >= 11 is 0. The van der Waals surface area contributed by atoms with Gasteiger partial charge in [-0.25, -0.2) is 9.59 Å². The van der Waals surface area contributed by atoms with E-state index in [0.29, 0.717) is 12.0 Å². The molecule has 0 saturated heterocycles. The van der Waals surface area contributed by atoms with E-state index in [9.17, 15) is 14.4 Å². The SMILES string of the molecule is CCc1ccc(C(=O)OCC(=O)NC(C(=O)OC)C(C)CC)cc1. The molecule has 2 unspecified atom stereocenters. The van der Waals surface area contributed by atoms with Crippen LogP contribution in [-0.4, -0.2) is 37.6 Å². The van der Waals surface area contributed by atoms with Crippen molar-refractivity contribution >= 4 is 17.8 Å². The van der Waals surface area contributed by atoms with Crippen molar-refractivity contribution in [2.24, 2.45) is 5.92 Å². The number of carbonyl (C=O) groups excluding carboxylic acids is 3. The minimum atomic E-state index is -0.755. The summed E-state index contributed by atoms with van der Waals surface area (Å²) in [7, 11) is 1.27. The van der Waals surface area contributed by atoms with Crippen LogP contribution in [0.5, 0.6) is 0 Å². The van der Waals surface area contributed by atoms with Crippen LogP contribution in [-0.2, 0) is 25.5 Å². The predicted octanol–water partition coefficient (Wildman–Crippen LogP) is 2.11. The highest BCUT2D eigenvalue weighted by Crippen LogP contribution is 2.10. The van der Waals surface area contributed by atoms with E-state index in [1.807, 2.05) is 32.9 Å². The van der Waals surface area contributed by atoms with Crippen molar-refractivity contribution in [2.75, 3.05) is 13.7 Å². The summed E-state index contributed by atoms with van der Waals surface area (Å²) in [6.45, 7) is 5.32. The van der Waals surface area contributed by atoms with Gasteiger partial charge in [-0.05, 0) is 30.0 Å². The molecule has 1 aromatic carbocycles. The van der Waals surface area contributed by atoms with Gasteiger partial charge in [0.1, 0.15) is 6.04 Å². The zero-order valence-electron chi connectivity index (χ0n) is 14.6. The van der Waals surface area contributed by atoms with E-state index in [1.54, 1.807) is 12.1 Å². The van der Waals surface area contributed by atoms with Crippen LogP contribution in [0.25, 0.3) is 0 Å². The monoisotopic (exact) mass is 335 g/mol. The van der Waals surface area contributed by atoms with Crippen molar-refractivity contribution in [1.29, 1.82) is 0 Å². The molecule has 6 heteroatoms. The van der Waals surface area contributed by atoms with Gasteiger partial charge in [0, 0.05) is 0 Å². The molecule has 0 spiro atoms. The Morgan fingerprint density at radius 1 is 1.12 bits per heavy atom. The second-order valence-corrected chi connectivity index (χ2v) is 5.58. The fraction of sp³-hybridized carbons (Fsp3) is 0.500. The molecule has 0 aromatic heterocycles. The van der Waals surface area contributed by atoms with Crippen LogP contribution in [0.15, 0.2) is 24.3 Å². The molecule has 0 fully saturated rings. The van der Waals surface area contributed by atoms with Gasteiger partial charge < -0.3 is 14.8 Å². The number of rotatable bonds is 8. The highest BCUT2D eigenvalue weighted by Gasteiger charge is 2.26. The summed E-state index contributed by atoms with van der Waals surface area (Å²) in [5.41, 5.74) is 1.49. The third-order valence-electron chi connectivity index (χ3n) is 3.92. The zero-order valence-corrected chi connectivity index (χ0v) is 14.6. The van der Waals surface area contributed by atoms with Crippen molar-refractivity contribution in [3.05, 3.63) is 35.4 Å². The molecule has 0 aliphatic rings. The quantitative estimate of drug-likeness (QED) is 0.736. The van der Waals surface area contributed by atoms with Gasteiger partial charge in [0.2, 0.25) is 0 Å². The third-order valence-corrected chi connectivity index (χ3v) is 3.92. The first-order valence-electron chi connectivity index (χ1n) is 8.06. The Bertz CT molecular complexity index is 567. The van der Waals surface area contributed by atoms with Crippen LogP contribution in [0, 0.1) is 5.92 Å². The summed E-state index contributed by atoms with van der Waals surface area (Å²) in [6, 6.07) is 6.25. The van der Waals surface area contributed by atoms with Gasteiger partial charge in [-0.15, -0.1) is 0 Å². The first kappa shape index (κ1) is 19.7. The molecule has 1 aromatic rings. The van der Waals surface area contributed by atoms with Gasteiger partial charge in [-0.1, -0.05) is 39.3 Å². The lowest BCUT2D eigenvalue weighted by atomic mass is 9.99. The van der Waals surface area contributed by atoms with Gasteiger partial charge >= 0.3 is 11.9 Å². The number of aryl methyl sites for hydroxylation is 1. The Morgan fingerprint density at radius 2 is 1.75 bits per heavy atom. The highest BCUT2D eigenvalue weighted by atomic mass is 16.5. The Morgan fingerprint density at radius 3 is 2.25 bits per heavy atom. The van der Waals surface area contributed by atoms with E-state index in [-0.39, 0.29) is 5.92 Å². The topological polar surface area (TPSA) is 81.7 Å². The second-order valence-electron chi connectivity index (χ2n) is 5.58. The van der Waals surface area contributed by atoms with Gasteiger partial charge in [0.25, 0.3) is 5.91 Å². The molecular weight excluding hydrogens is 310 g/mol. The van der Waals surface area contributed by atoms with Crippen LogP contribution in [0.1, 0.15) is 43.1 Å². The van der Waals surface area contributed by atoms with Gasteiger partial charge in [0.05, 0.1) is 12.7 Å². The normalized spacial score (nSPS) is 12.8. The Hall–Kier alpha value is -2.37. The maximum Gasteiger partial charge on any atom is 0.338 e. The molecule has 0 saturated carbocycles. The lowest BCUT2D eigenvalue weighted by molar-refractivity contribution is -0.147. The third kappa shape index (κ3) is 5.68. The molecule has 24 heavy (non-hydrogen) atoms. The zero-order chi connectivity index (χ0) is 18.1. The van der Waals surface area contributed by atoms with Crippen molar-refractivity contribution < 1.29 is 23.9 Å². The van der Waals surface area contributed by atoms with Crippen LogP contribution >= 0.6 is 0 Å². The summed E-state index contributed by atoms with van der Waals surface area (Å²) in [5, 5.41) is 2.55. The lowest BCUT2D eigenvalue weighted by Crippen LogP contribution is -2.47. The van der Waals surface area contributed by atoms with Crippen molar-refractivity contribution in [3.8, 4) is 0 Å². The smallest absolute Gasteiger partial charge is 0.338 e. The molecule has 0 aliphatic heterocycles. The van der Waals surface area contributed by atoms with Crippen molar-refractivity contribution in [1.82, 2.24) is 5.32 Å². The van der Waals surface area contributed by atoms with Gasteiger partial charge in [0.15, 0.2) is 6.61 Å². The minimum Gasteiger partial charge on any atom is -0.467 e. The number of hydrogen-bond acceptors (Lipinski definition) is 5. The first-order valence-corrected chi connectivity index (χ1v) is 8.06. The average molecular weight is 335 g/mol. The molecular formula is C18H25NO5. The molecule has 1 amide bonds. The molecule has 0 bridgehead atoms. The Labute approximate surface area is 142 Å². The van der Waals surface area contributed by atoms with E-state index in [1.165, 1.54) is 7.11 Å². The number of esters is 2. The summed E-state index contributed by atoms with van der Waals surface area (Å²) in [4.78, 5) is 35.6. The van der Waals surface area contributed by atoms with Crippen molar-refractivity contribution in [2.45, 2.75) is 39.7 Å². The fourth-order valence-electron chi connectivity index (χ4n) is 2.10. The number of hydrogen-bond donors (Lipinski definition) is 1. The second kappa shape index (κ2) is 9.70. The number of methoxy groups -OCH3 is 1. The molecule has 132 valence electrons. The highest BCUT2D eigenvalue weighted by molar-refractivity contribution is 5.92. The number of amides is 1. The molecule has 0 heterocycles. The van der Waals surface area contributed by atoms with Crippen LogP contribution in [0.2, 0.25) is 0 Å². The average Bonchev–Trinajstić information content (AvgIpc) is 2.62. The molecule has 0 aliphatic carbocycles. The van der Waals surface area contributed by atoms with Gasteiger partial charge in [-0.2, -0.15) is 0 Å². The van der Waals surface area contributed by atoms with E-state index in [0.717, 1.165) is 12.0 Å². The predicted molar refractivity (Wildman–Crippen MR) is 89.5 cm³/mol. The Balaban J connectivity index is 2.57. The summed E-state index contributed by atoms with van der Waals surface area (Å²) in [6.07, 6.45) is 1.58. The lowest BCUT2D eigenvalue weighted by Gasteiger charge is -2.21. The fourth-order valence-corrected chi connectivity index (χ4v) is 2.10. The number of ether oxygens (including phenoxy) is 2. The van der Waals surface area contributed by atoms with Crippen LogP contribution in [0.4, 0.5) is 0 Å². The van der Waals surface area contributed by atoms with Crippen molar-refractivity contribution in [3.63, 3.8) is 0 Å². The van der Waals surface area contributed by atoms with E-state index in [4.69, 9.17) is 9.47 Å². The minimum absolute atomic E-state index is 0.0845. The number of carbonyl (C=O) groups is 3. The van der Waals surface area contributed by atoms with Gasteiger partial charge in [-0.3, -0.25) is 4.79 Å². The van der Waals surface area contributed by atoms with Crippen LogP contribution < -0.4 is 5.32 Å². The molecule has 1 rings (SSSR count).